The number of carbonyl (C=O) groups excluding carboxylic acids is 1. The number of halogens is 3. The number of ether oxygens (including phenoxy) is 1. The minimum absolute atomic E-state index is 0.0576. The van der Waals surface area contributed by atoms with Crippen LogP contribution in [0.15, 0.2) is 53.8 Å². The lowest BCUT2D eigenvalue weighted by molar-refractivity contribution is -0.125. The molecule has 0 bridgehead atoms. The first-order valence-corrected chi connectivity index (χ1v) is 10.0. The number of benzene rings is 2. The van der Waals surface area contributed by atoms with Gasteiger partial charge in [0.1, 0.15) is 16.6 Å². The highest BCUT2D eigenvalue weighted by molar-refractivity contribution is 6.33. The number of hydrogen-bond donors (Lipinski definition) is 1. The van der Waals surface area contributed by atoms with Crippen LogP contribution in [0.5, 0.6) is 5.75 Å². The summed E-state index contributed by atoms with van der Waals surface area (Å²) in [7, 11) is 1.56. The first kappa shape index (κ1) is 21.1. The molecular formula is C21H17Cl2FN4O3. The fourth-order valence-electron chi connectivity index (χ4n) is 3.17. The number of nitrogens with zero attached hydrogens (tertiary/aromatic N) is 3. The number of hydrogen-bond acceptors (Lipinski definition) is 5. The van der Waals surface area contributed by atoms with Crippen LogP contribution >= 0.6 is 23.2 Å². The quantitative estimate of drug-likeness (QED) is 0.584. The maximum Gasteiger partial charge on any atom is 0.269 e. The molecule has 3 aromatic rings. The second kappa shape index (κ2) is 8.95. The van der Waals surface area contributed by atoms with E-state index in [9.17, 15) is 9.18 Å². The molecule has 2 aromatic carbocycles. The fraction of sp³-hybridized carbons (Fsp3) is 0.190. The van der Waals surface area contributed by atoms with E-state index >= 15 is 0 Å². The number of amides is 1. The molecule has 7 nitrogen and oxygen atoms in total. The van der Waals surface area contributed by atoms with Crippen LogP contribution in [0.1, 0.15) is 17.5 Å². The number of aromatic nitrogens is 2. The van der Waals surface area contributed by atoms with Gasteiger partial charge in [-0.3, -0.25) is 9.48 Å². The van der Waals surface area contributed by atoms with Crippen LogP contribution in [-0.2, 0) is 16.2 Å². The van der Waals surface area contributed by atoms with Crippen molar-refractivity contribution in [3.8, 4) is 5.75 Å². The van der Waals surface area contributed by atoms with Crippen molar-refractivity contribution in [2.24, 2.45) is 5.16 Å². The molecule has 1 aromatic heterocycles. The highest BCUT2D eigenvalue weighted by Gasteiger charge is 2.31. The van der Waals surface area contributed by atoms with E-state index in [0.29, 0.717) is 11.5 Å². The van der Waals surface area contributed by atoms with Crippen molar-refractivity contribution in [2.75, 3.05) is 12.4 Å². The van der Waals surface area contributed by atoms with Crippen molar-refractivity contribution < 1.29 is 18.8 Å². The Kier molecular flexibility index (Phi) is 6.11. The molecule has 4 rings (SSSR count). The van der Waals surface area contributed by atoms with E-state index in [0.717, 1.165) is 5.56 Å². The predicted molar refractivity (Wildman–Crippen MR) is 115 cm³/mol. The zero-order valence-corrected chi connectivity index (χ0v) is 17.8. The van der Waals surface area contributed by atoms with E-state index in [-0.39, 0.29) is 34.4 Å². The summed E-state index contributed by atoms with van der Waals surface area (Å²) >= 11 is 12.3. The van der Waals surface area contributed by atoms with Crippen molar-refractivity contribution in [3.05, 3.63) is 75.7 Å². The second-order valence-electron chi connectivity index (χ2n) is 6.75. The highest BCUT2D eigenvalue weighted by Crippen LogP contribution is 2.27. The van der Waals surface area contributed by atoms with Crippen molar-refractivity contribution >= 4 is 40.6 Å². The number of methoxy groups -OCH3 is 1. The van der Waals surface area contributed by atoms with Gasteiger partial charge in [-0.15, -0.1) is 0 Å². The molecule has 0 saturated heterocycles. The van der Waals surface area contributed by atoms with E-state index in [1.165, 1.54) is 23.0 Å². The Hall–Kier alpha value is -3.10. The molecule has 1 unspecified atom stereocenters. The minimum Gasteiger partial charge on any atom is -0.496 e. The first-order chi connectivity index (χ1) is 15.0. The largest absolute Gasteiger partial charge is 0.496 e. The topological polar surface area (TPSA) is 77.7 Å². The van der Waals surface area contributed by atoms with Gasteiger partial charge in [0.25, 0.3) is 5.91 Å². The summed E-state index contributed by atoms with van der Waals surface area (Å²) in [5.74, 6) is -0.136. The second-order valence-corrected chi connectivity index (χ2v) is 7.56. The minimum atomic E-state index is -0.845. The van der Waals surface area contributed by atoms with Gasteiger partial charge in [0, 0.05) is 28.8 Å². The Bertz CT molecular complexity index is 1150. The molecule has 1 aliphatic rings. The molecule has 0 fully saturated rings. The number of carbonyl (C=O) groups is 1. The summed E-state index contributed by atoms with van der Waals surface area (Å²) < 4.78 is 20.7. The Morgan fingerprint density at radius 3 is 2.84 bits per heavy atom. The van der Waals surface area contributed by atoms with Crippen LogP contribution in [0.25, 0.3) is 0 Å². The zero-order valence-electron chi connectivity index (χ0n) is 16.3. The summed E-state index contributed by atoms with van der Waals surface area (Å²) in [5.41, 5.74) is 1.63. The molecule has 0 saturated carbocycles. The Morgan fingerprint density at radius 2 is 2.06 bits per heavy atom. The van der Waals surface area contributed by atoms with E-state index in [1.807, 2.05) is 18.2 Å². The van der Waals surface area contributed by atoms with Crippen LogP contribution in [0.4, 0.5) is 10.2 Å². The third kappa shape index (κ3) is 4.50. The van der Waals surface area contributed by atoms with Gasteiger partial charge in [-0.1, -0.05) is 46.6 Å². The van der Waals surface area contributed by atoms with Crippen molar-refractivity contribution in [2.45, 2.75) is 19.1 Å². The summed E-state index contributed by atoms with van der Waals surface area (Å²) in [6.07, 6.45) is 0.892. The van der Waals surface area contributed by atoms with Crippen molar-refractivity contribution in [1.82, 2.24) is 9.78 Å². The Labute approximate surface area is 187 Å². The van der Waals surface area contributed by atoms with Crippen LogP contribution < -0.4 is 10.1 Å². The summed E-state index contributed by atoms with van der Waals surface area (Å²) in [4.78, 5) is 17.9. The van der Waals surface area contributed by atoms with Crippen LogP contribution in [-0.4, -0.2) is 34.6 Å². The third-order valence-electron chi connectivity index (χ3n) is 4.72. The summed E-state index contributed by atoms with van der Waals surface area (Å²) in [6.45, 7) is 0.0576. The average Bonchev–Trinajstić information content (AvgIpc) is 3.38. The van der Waals surface area contributed by atoms with Gasteiger partial charge in [0.2, 0.25) is 6.10 Å². The number of anilines is 1. The molecule has 2 heterocycles. The Morgan fingerprint density at radius 1 is 1.26 bits per heavy atom. The molecule has 0 radical (unpaired) electrons. The van der Waals surface area contributed by atoms with Crippen LogP contribution in [0.3, 0.4) is 0 Å². The number of para-hydroxylation sites is 1. The summed E-state index contributed by atoms with van der Waals surface area (Å²) in [5, 5.41) is 11.3. The molecule has 1 N–H and O–H groups in total. The predicted octanol–water partition coefficient (Wildman–Crippen LogP) is 4.52. The monoisotopic (exact) mass is 462 g/mol. The van der Waals surface area contributed by atoms with Gasteiger partial charge in [-0.2, -0.15) is 5.10 Å². The molecule has 1 atom stereocenters. The smallest absolute Gasteiger partial charge is 0.269 e. The van der Waals surface area contributed by atoms with E-state index in [4.69, 9.17) is 32.8 Å². The molecule has 0 aliphatic carbocycles. The van der Waals surface area contributed by atoms with Crippen molar-refractivity contribution in [1.29, 1.82) is 0 Å². The van der Waals surface area contributed by atoms with E-state index in [1.54, 1.807) is 19.2 Å². The summed E-state index contributed by atoms with van der Waals surface area (Å²) in [6, 6.07) is 11.8. The van der Waals surface area contributed by atoms with Gasteiger partial charge in [0.15, 0.2) is 5.82 Å². The standard InChI is InChI=1S/C21H17Cl2FN4O3/c1-30-18-8-3-2-5-12(18)17-9-19(31-27-17)21(29)25-20-15(23)11-28(26-20)10-13-14(22)6-4-7-16(13)24/h2-8,11,19H,9-10H2,1H3,(H,25,26,29). The van der Waals surface area contributed by atoms with Crippen LogP contribution in [0, 0.1) is 5.82 Å². The fourth-order valence-corrected chi connectivity index (χ4v) is 3.59. The molecular weight excluding hydrogens is 446 g/mol. The van der Waals surface area contributed by atoms with Crippen molar-refractivity contribution in [3.63, 3.8) is 0 Å². The van der Waals surface area contributed by atoms with Gasteiger partial charge in [-0.25, -0.2) is 4.39 Å². The Balaban J connectivity index is 1.43. The molecule has 160 valence electrons. The van der Waals surface area contributed by atoms with Gasteiger partial charge in [-0.05, 0) is 24.3 Å². The third-order valence-corrected chi connectivity index (χ3v) is 5.35. The first-order valence-electron chi connectivity index (χ1n) is 9.29. The SMILES string of the molecule is COc1ccccc1C1=NOC(C(=O)Nc2nn(Cc3c(F)cccc3Cl)cc2Cl)C1. The number of oxime groups is 1. The normalized spacial score (nSPS) is 15.4. The molecule has 31 heavy (non-hydrogen) atoms. The number of nitrogens with one attached hydrogen (secondary N) is 1. The highest BCUT2D eigenvalue weighted by atomic mass is 35.5. The lowest BCUT2D eigenvalue weighted by atomic mass is 10.0. The van der Waals surface area contributed by atoms with E-state index in [2.05, 4.69) is 15.6 Å². The van der Waals surface area contributed by atoms with Gasteiger partial charge >= 0.3 is 0 Å². The maximum absolute atomic E-state index is 14.0. The van der Waals surface area contributed by atoms with Gasteiger partial charge in [0.05, 0.1) is 19.4 Å². The lowest BCUT2D eigenvalue weighted by Gasteiger charge is -2.09. The molecule has 10 heteroatoms. The average molecular weight is 463 g/mol. The molecule has 1 amide bonds. The number of rotatable bonds is 6. The molecule has 0 spiro atoms. The zero-order chi connectivity index (χ0) is 22.0. The van der Waals surface area contributed by atoms with Gasteiger partial charge < -0.3 is 14.9 Å². The van der Waals surface area contributed by atoms with E-state index < -0.39 is 17.8 Å². The maximum atomic E-state index is 14.0. The lowest BCUT2D eigenvalue weighted by Crippen LogP contribution is -2.28. The van der Waals surface area contributed by atoms with Crippen LogP contribution in [0.2, 0.25) is 10.0 Å². The molecule has 1 aliphatic heterocycles.